The molecular weight excluding hydrogens is 330 g/mol. The Balaban J connectivity index is 1.68. The molecule has 9 heteroatoms. The monoisotopic (exact) mass is 345 g/mol. The van der Waals surface area contributed by atoms with Crippen LogP contribution in [0.1, 0.15) is 12.8 Å². The second-order valence-corrected chi connectivity index (χ2v) is 5.90. The van der Waals surface area contributed by atoms with E-state index in [0.717, 1.165) is 17.0 Å². The predicted molar refractivity (Wildman–Crippen MR) is 76.6 cm³/mol. The molecule has 2 fully saturated rings. The van der Waals surface area contributed by atoms with Crippen LogP contribution in [0.25, 0.3) is 0 Å². The van der Waals surface area contributed by atoms with E-state index in [0.29, 0.717) is 0 Å². The number of alkyl halides is 2. The number of nitrogens with zero attached hydrogens (tertiary/aromatic N) is 1. The number of hydrogen-bond acceptors (Lipinski definition) is 3. The Labute approximate surface area is 135 Å². The van der Waals surface area contributed by atoms with Crippen LogP contribution in [0.2, 0.25) is 0 Å². The van der Waals surface area contributed by atoms with Crippen LogP contribution < -0.4 is 15.5 Å². The van der Waals surface area contributed by atoms with Gasteiger partial charge in [-0.2, -0.15) is 0 Å². The zero-order chi connectivity index (χ0) is 17.5. The van der Waals surface area contributed by atoms with Gasteiger partial charge in [0, 0.05) is 13.0 Å². The molecule has 3 rings (SSSR count). The molecule has 0 aromatic heterocycles. The van der Waals surface area contributed by atoms with Crippen LogP contribution in [0.15, 0.2) is 18.2 Å². The van der Waals surface area contributed by atoms with E-state index < -0.39 is 60.1 Å². The van der Waals surface area contributed by atoms with Gasteiger partial charge in [-0.25, -0.2) is 17.6 Å². The van der Waals surface area contributed by atoms with E-state index >= 15 is 0 Å². The number of anilines is 1. The summed E-state index contributed by atoms with van der Waals surface area (Å²) in [4.78, 5) is 25.2. The van der Waals surface area contributed by atoms with E-state index in [2.05, 4.69) is 10.6 Å². The van der Waals surface area contributed by atoms with E-state index in [1.54, 1.807) is 0 Å². The molecule has 24 heavy (non-hydrogen) atoms. The summed E-state index contributed by atoms with van der Waals surface area (Å²) in [6.45, 7) is -0.577. The Morgan fingerprint density at radius 3 is 2.54 bits per heavy atom. The minimum atomic E-state index is -2.97. The predicted octanol–water partition coefficient (Wildman–Crippen LogP) is 1.18. The first kappa shape index (κ1) is 16.7. The Kier molecular flexibility index (Phi) is 4.20. The van der Waals surface area contributed by atoms with Crippen molar-refractivity contribution in [2.24, 2.45) is 0 Å². The van der Waals surface area contributed by atoms with Crippen molar-refractivity contribution in [3.05, 3.63) is 29.8 Å². The molecule has 130 valence electrons. The molecule has 2 saturated heterocycles. The molecule has 2 atom stereocenters. The number of halogens is 4. The molecule has 2 N–H and O–H groups in total. The third-order valence-corrected chi connectivity index (χ3v) is 4.16. The lowest BCUT2D eigenvalue weighted by Gasteiger charge is -2.19. The summed E-state index contributed by atoms with van der Waals surface area (Å²) in [5, 5.41) is 4.77. The van der Waals surface area contributed by atoms with E-state index in [9.17, 15) is 27.2 Å². The highest BCUT2D eigenvalue weighted by Crippen LogP contribution is 2.28. The number of nitrogens with one attached hydrogen (secondary N) is 2. The van der Waals surface area contributed by atoms with Crippen molar-refractivity contribution in [2.75, 3.05) is 18.0 Å². The van der Waals surface area contributed by atoms with Gasteiger partial charge in [0.05, 0.1) is 12.6 Å². The van der Waals surface area contributed by atoms with Crippen molar-refractivity contribution in [3.8, 4) is 0 Å². The largest absolute Gasteiger partial charge is 0.343 e. The number of rotatable bonds is 3. The van der Waals surface area contributed by atoms with E-state index in [1.807, 2.05) is 0 Å². The van der Waals surface area contributed by atoms with Crippen LogP contribution in [0, 0.1) is 11.6 Å². The van der Waals surface area contributed by atoms with Crippen LogP contribution in [0.3, 0.4) is 0 Å². The first-order chi connectivity index (χ1) is 11.3. The number of benzene rings is 1. The van der Waals surface area contributed by atoms with E-state index in [-0.39, 0.29) is 13.0 Å². The van der Waals surface area contributed by atoms with Crippen LogP contribution in [0.5, 0.6) is 0 Å². The number of carbonyl (C=O) groups excluding carboxylic acids is 2. The van der Waals surface area contributed by atoms with Gasteiger partial charge in [0.25, 0.3) is 5.92 Å². The highest BCUT2D eigenvalue weighted by atomic mass is 19.3. The van der Waals surface area contributed by atoms with Crippen LogP contribution in [-0.2, 0) is 9.59 Å². The molecular formula is C15H15F4N3O2. The fourth-order valence-electron chi connectivity index (χ4n) is 2.96. The lowest BCUT2D eigenvalue weighted by atomic mass is 10.1. The maximum atomic E-state index is 13.8. The Bertz CT molecular complexity index is 662. The SMILES string of the molecule is O=C(NC1CCN(c2c(F)cccc2F)C1=O)C1CC(F)(F)CN1. The molecule has 0 saturated carbocycles. The first-order valence-corrected chi connectivity index (χ1v) is 7.45. The standard InChI is InChI=1S/C15H15F4N3O2/c16-8-2-1-3-9(17)12(8)22-5-4-10(14(22)24)21-13(23)11-6-15(18,19)7-20-11/h1-3,10-11,20H,4-7H2,(H,21,23). The molecule has 2 aliphatic rings. The summed E-state index contributed by atoms with van der Waals surface area (Å²) in [6.07, 6.45) is -0.507. The number of amides is 2. The lowest BCUT2D eigenvalue weighted by molar-refractivity contribution is -0.128. The topological polar surface area (TPSA) is 61.4 Å². The Morgan fingerprint density at radius 2 is 1.96 bits per heavy atom. The van der Waals surface area contributed by atoms with Crippen molar-refractivity contribution in [2.45, 2.75) is 30.8 Å². The molecule has 2 amide bonds. The fraction of sp³-hybridized carbons (Fsp3) is 0.467. The van der Waals surface area contributed by atoms with Gasteiger partial charge in [-0.05, 0) is 18.6 Å². The molecule has 0 radical (unpaired) electrons. The van der Waals surface area contributed by atoms with Crippen molar-refractivity contribution < 1.29 is 27.2 Å². The molecule has 0 aliphatic carbocycles. The van der Waals surface area contributed by atoms with Crippen molar-refractivity contribution in [1.82, 2.24) is 10.6 Å². The van der Waals surface area contributed by atoms with Crippen molar-refractivity contribution >= 4 is 17.5 Å². The second-order valence-electron chi connectivity index (χ2n) is 5.90. The first-order valence-electron chi connectivity index (χ1n) is 7.45. The normalized spacial score (nSPS) is 26.0. The van der Waals surface area contributed by atoms with Gasteiger partial charge in [0.15, 0.2) is 0 Å². The third kappa shape index (κ3) is 3.08. The summed E-state index contributed by atoms with van der Waals surface area (Å²) >= 11 is 0. The molecule has 0 bridgehead atoms. The summed E-state index contributed by atoms with van der Waals surface area (Å²) in [5.41, 5.74) is -0.468. The fourth-order valence-corrected chi connectivity index (χ4v) is 2.96. The molecule has 2 aliphatic heterocycles. The minimum absolute atomic E-state index is 0.0237. The van der Waals surface area contributed by atoms with Gasteiger partial charge in [-0.1, -0.05) is 6.07 Å². The molecule has 0 spiro atoms. The minimum Gasteiger partial charge on any atom is -0.343 e. The average Bonchev–Trinajstić information content (AvgIpc) is 3.04. The molecule has 2 unspecified atom stereocenters. The molecule has 2 heterocycles. The van der Waals surface area contributed by atoms with Crippen molar-refractivity contribution in [3.63, 3.8) is 0 Å². The second kappa shape index (κ2) is 6.04. The molecule has 1 aromatic carbocycles. The van der Waals surface area contributed by atoms with Gasteiger partial charge < -0.3 is 10.2 Å². The van der Waals surface area contributed by atoms with Gasteiger partial charge >= 0.3 is 0 Å². The van der Waals surface area contributed by atoms with E-state index in [1.165, 1.54) is 6.07 Å². The van der Waals surface area contributed by atoms with Crippen LogP contribution in [0.4, 0.5) is 23.2 Å². The van der Waals surface area contributed by atoms with Crippen LogP contribution in [-0.4, -0.2) is 42.9 Å². The molecule has 5 nitrogen and oxygen atoms in total. The maximum absolute atomic E-state index is 13.8. The quantitative estimate of drug-likeness (QED) is 0.809. The Hall–Kier alpha value is -2.16. The number of hydrogen-bond donors (Lipinski definition) is 2. The summed E-state index contributed by atoms with van der Waals surface area (Å²) in [7, 11) is 0. The number of para-hydroxylation sites is 1. The maximum Gasteiger partial charge on any atom is 0.262 e. The Morgan fingerprint density at radius 1 is 1.29 bits per heavy atom. The van der Waals surface area contributed by atoms with Gasteiger partial charge in [0.1, 0.15) is 23.4 Å². The van der Waals surface area contributed by atoms with Gasteiger partial charge in [-0.3, -0.25) is 14.9 Å². The highest BCUT2D eigenvalue weighted by Gasteiger charge is 2.44. The van der Waals surface area contributed by atoms with E-state index in [4.69, 9.17) is 0 Å². The summed E-state index contributed by atoms with van der Waals surface area (Å²) < 4.78 is 53.8. The van der Waals surface area contributed by atoms with Crippen molar-refractivity contribution in [1.29, 1.82) is 0 Å². The lowest BCUT2D eigenvalue weighted by Crippen LogP contribution is -2.48. The third-order valence-electron chi connectivity index (χ3n) is 4.16. The smallest absolute Gasteiger partial charge is 0.262 e. The summed E-state index contributed by atoms with van der Waals surface area (Å²) in [5.74, 6) is -6.12. The summed E-state index contributed by atoms with van der Waals surface area (Å²) in [6, 6.07) is 1.16. The van der Waals surface area contributed by atoms with Crippen LogP contribution >= 0.6 is 0 Å². The number of carbonyl (C=O) groups is 2. The zero-order valence-electron chi connectivity index (χ0n) is 12.5. The van der Waals surface area contributed by atoms with Gasteiger partial charge in [0.2, 0.25) is 11.8 Å². The average molecular weight is 345 g/mol. The molecule has 1 aromatic rings. The van der Waals surface area contributed by atoms with Gasteiger partial charge in [-0.15, -0.1) is 0 Å². The zero-order valence-corrected chi connectivity index (χ0v) is 12.5. The highest BCUT2D eigenvalue weighted by molar-refractivity contribution is 6.02.